The maximum atomic E-state index is 13.3. The minimum atomic E-state index is -0.191. The Morgan fingerprint density at radius 1 is 0.902 bits per heavy atom. The van der Waals surface area contributed by atoms with E-state index < -0.39 is 0 Å². The van der Waals surface area contributed by atoms with Gasteiger partial charge in [0.2, 0.25) is 5.91 Å². The van der Waals surface area contributed by atoms with E-state index in [1.165, 1.54) is 0 Å². The summed E-state index contributed by atoms with van der Waals surface area (Å²) in [7, 11) is 0. The van der Waals surface area contributed by atoms with Crippen molar-refractivity contribution in [3.8, 4) is 22.5 Å². The summed E-state index contributed by atoms with van der Waals surface area (Å²) in [4.78, 5) is 27.7. The normalized spacial score (nSPS) is 11.7. The van der Waals surface area contributed by atoms with Crippen molar-refractivity contribution in [3.05, 3.63) is 90.0 Å². The molecule has 0 spiro atoms. The number of thiol groups is 1. The fourth-order valence-corrected chi connectivity index (χ4v) is 4.97. The second-order valence-corrected chi connectivity index (χ2v) is 10.7. The molecular formula is C31H37N7O2S. The predicted octanol–water partition coefficient (Wildman–Crippen LogP) is 4.95. The van der Waals surface area contributed by atoms with Crippen LogP contribution in [0, 0.1) is 11.8 Å². The van der Waals surface area contributed by atoms with Gasteiger partial charge >= 0.3 is 6.03 Å². The van der Waals surface area contributed by atoms with Crippen LogP contribution in [0.25, 0.3) is 22.5 Å². The standard InChI is InChI=1S/C31H37N7O2S/c1-22(2)18-26(21-41)30(39)32-16-17-38(31(40)33-19-23-8-4-3-5-9-23)20-24-12-14-25(15-13-24)27-10-6-7-11-28(27)29-34-36-37-35-29/h3-15,22,26,41H,16-21H2,1-2H3,(H,32,39)(H,33,40)(H,34,35,36,37). The fraction of sp³-hybridized carbons (Fsp3) is 0.323. The van der Waals surface area contributed by atoms with Crippen LogP contribution in [-0.4, -0.2) is 56.3 Å². The molecule has 1 atom stereocenters. The Balaban J connectivity index is 1.45. The number of aromatic amines is 1. The van der Waals surface area contributed by atoms with Gasteiger partial charge in [-0.2, -0.15) is 12.6 Å². The third-order valence-corrected chi connectivity index (χ3v) is 7.21. The summed E-state index contributed by atoms with van der Waals surface area (Å²) in [6.07, 6.45) is 0.777. The molecule has 1 unspecified atom stereocenters. The molecule has 0 saturated carbocycles. The molecule has 0 aliphatic carbocycles. The second-order valence-electron chi connectivity index (χ2n) is 10.4. The first-order valence-corrected chi connectivity index (χ1v) is 14.5. The molecular weight excluding hydrogens is 534 g/mol. The van der Waals surface area contributed by atoms with Crippen LogP contribution in [0.5, 0.6) is 0 Å². The van der Waals surface area contributed by atoms with E-state index in [0.717, 1.165) is 34.2 Å². The molecule has 3 aromatic carbocycles. The van der Waals surface area contributed by atoms with Crippen molar-refractivity contribution in [2.75, 3.05) is 18.8 Å². The molecule has 10 heteroatoms. The number of nitrogens with one attached hydrogen (secondary N) is 3. The Bertz CT molecular complexity index is 1380. The Morgan fingerprint density at radius 3 is 2.27 bits per heavy atom. The van der Waals surface area contributed by atoms with Gasteiger partial charge in [0.15, 0.2) is 5.82 Å². The van der Waals surface area contributed by atoms with Gasteiger partial charge in [0.1, 0.15) is 0 Å². The molecule has 1 heterocycles. The number of rotatable bonds is 13. The summed E-state index contributed by atoms with van der Waals surface area (Å²) in [5.41, 5.74) is 4.90. The third kappa shape index (κ3) is 8.65. The first-order chi connectivity index (χ1) is 19.9. The number of carbonyl (C=O) groups is 2. The second kappa shape index (κ2) is 15.0. The smallest absolute Gasteiger partial charge is 0.318 e. The number of tetrazole rings is 1. The minimum Gasteiger partial charge on any atom is -0.354 e. The van der Waals surface area contributed by atoms with E-state index >= 15 is 0 Å². The van der Waals surface area contributed by atoms with Crippen molar-refractivity contribution < 1.29 is 9.59 Å². The highest BCUT2D eigenvalue weighted by Crippen LogP contribution is 2.29. The summed E-state index contributed by atoms with van der Waals surface area (Å²) < 4.78 is 0. The van der Waals surface area contributed by atoms with E-state index in [1.807, 2.05) is 78.9 Å². The topological polar surface area (TPSA) is 116 Å². The van der Waals surface area contributed by atoms with Crippen LogP contribution in [-0.2, 0) is 17.9 Å². The zero-order valence-corrected chi connectivity index (χ0v) is 24.3. The number of hydrogen-bond donors (Lipinski definition) is 4. The third-order valence-electron chi connectivity index (χ3n) is 6.77. The number of benzene rings is 3. The highest BCUT2D eigenvalue weighted by Gasteiger charge is 2.19. The summed E-state index contributed by atoms with van der Waals surface area (Å²) in [6.45, 7) is 5.74. The highest BCUT2D eigenvalue weighted by atomic mass is 32.1. The Morgan fingerprint density at radius 2 is 1.61 bits per heavy atom. The number of hydrogen-bond acceptors (Lipinski definition) is 6. The number of aromatic nitrogens is 4. The summed E-state index contributed by atoms with van der Waals surface area (Å²) >= 11 is 4.36. The minimum absolute atomic E-state index is 0.0247. The molecule has 0 saturated heterocycles. The Hall–Kier alpha value is -4.18. The number of urea groups is 1. The monoisotopic (exact) mass is 571 g/mol. The predicted molar refractivity (Wildman–Crippen MR) is 164 cm³/mol. The molecule has 1 aromatic heterocycles. The van der Waals surface area contributed by atoms with Crippen LogP contribution < -0.4 is 10.6 Å². The van der Waals surface area contributed by atoms with Gasteiger partial charge in [-0.15, -0.1) is 5.10 Å². The average molecular weight is 572 g/mol. The average Bonchev–Trinajstić information content (AvgIpc) is 3.54. The van der Waals surface area contributed by atoms with Gasteiger partial charge in [-0.25, -0.2) is 9.89 Å². The van der Waals surface area contributed by atoms with Crippen molar-refractivity contribution in [1.82, 2.24) is 36.2 Å². The summed E-state index contributed by atoms with van der Waals surface area (Å²) in [5.74, 6) is 1.32. The van der Waals surface area contributed by atoms with Crippen molar-refractivity contribution in [1.29, 1.82) is 0 Å². The molecule has 214 valence electrons. The molecule has 0 aliphatic rings. The van der Waals surface area contributed by atoms with Crippen LogP contribution in [0.4, 0.5) is 4.79 Å². The fourth-order valence-electron chi connectivity index (χ4n) is 4.65. The van der Waals surface area contributed by atoms with Gasteiger partial charge in [-0.3, -0.25) is 4.79 Å². The van der Waals surface area contributed by atoms with E-state index in [9.17, 15) is 9.59 Å². The van der Waals surface area contributed by atoms with Crippen LogP contribution >= 0.6 is 12.6 Å². The molecule has 9 nitrogen and oxygen atoms in total. The van der Waals surface area contributed by atoms with Gasteiger partial charge in [0.05, 0.1) is 0 Å². The lowest BCUT2D eigenvalue weighted by molar-refractivity contribution is -0.124. The maximum absolute atomic E-state index is 13.3. The Labute approximate surface area is 246 Å². The van der Waals surface area contributed by atoms with E-state index in [-0.39, 0.29) is 17.9 Å². The summed E-state index contributed by atoms with van der Waals surface area (Å²) in [5, 5.41) is 20.3. The van der Waals surface area contributed by atoms with Gasteiger partial charge in [0.25, 0.3) is 0 Å². The van der Waals surface area contributed by atoms with Crippen molar-refractivity contribution in [2.45, 2.75) is 33.4 Å². The van der Waals surface area contributed by atoms with Crippen molar-refractivity contribution in [3.63, 3.8) is 0 Å². The van der Waals surface area contributed by atoms with Crippen LogP contribution in [0.15, 0.2) is 78.9 Å². The zero-order chi connectivity index (χ0) is 29.0. The van der Waals surface area contributed by atoms with E-state index in [2.05, 4.69) is 57.7 Å². The number of H-pyrrole nitrogens is 1. The molecule has 0 fully saturated rings. The van der Waals surface area contributed by atoms with Crippen molar-refractivity contribution >= 4 is 24.6 Å². The van der Waals surface area contributed by atoms with E-state index in [1.54, 1.807) is 4.90 Å². The molecule has 4 rings (SSSR count). The zero-order valence-electron chi connectivity index (χ0n) is 23.5. The van der Waals surface area contributed by atoms with Gasteiger partial charge < -0.3 is 15.5 Å². The van der Waals surface area contributed by atoms with Crippen LogP contribution in [0.2, 0.25) is 0 Å². The SMILES string of the molecule is CC(C)CC(CS)C(=O)NCCN(Cc1ccc(-c2ccccc2-c2nnn[nH]2)cc1)C(=O)NCc1ccccc1. The molecule has 3 amide bonds. The van der Waals surface area contributed by atoms with E-state index in [4.69, 9.17) is 0 Å². The molecule has 0 aliphatic heterocycles. The van der Waals surface area contributed by atoms with Crippen LogP contribution in [0.3, 0.4) is 0 Å². The Kier molecular flexibility index (Phi) is 10.9. The summed E-state index contributed by atoms with van der Waals surface area (Å²) in [6, 6.07) is 25.6. The number of carbonyl (C=O) groups excluding carboxylic acids is 2. The van der Waals surface area contributed by atoms with Gasteiger partial charge in [-0.05, 0) is 45.0 Å². The maximum Gasteiger partial charge on any atom is 0.318 e. The first-order valence-electron chi connectivity index (χ1n) is 13.8. The van der Waals surface area contributed by atoms with Crippen molar-refractivity contribution in [2.24, 2.45) is 11.8 Å². The van der Waals surface area contributed by atoms with E-state index in [0.29, 0.717) is 43.7 Å². The van der Waals surface area contributed by atoms with Gasteiger partial charge in [0, 0.05) is 43.4 Å². The molecule has 0 radical (unpaired) electrons. The number of nitrogens with zero attached hydrogens (tertiary/aromatic N) is 4. The highest BCUT2D eigenvalue weighted by molar-refractivity contribution is 7.80. The first kappa shape index (κ1) is 29.8. The molecule has 0 bridgehead atoms. The lowest BCUT2D eigenvalue weighted by Crippen LogP contribution is -2.44. The van der Waals surface area contributed by atoms with Gasteiger partial charge in [-0.1, -0.05) is 92.7 Å². The molecule has 4 aromatic rings. The molecule has 3 N–H and O–H groups in total. The largest absolute Gasteiger partial charge is 0.354 e. The lowest BCUT2D eigenvalue weighted by Gasteiger charge is -2.24. The molecule has 41 heavy (non-hydrogen) atoms. The lowest BCUT2D eigenvalue weighted by atomic mass is 9.98. The van der Waals surface area contributed by atoms with Crippen LogP contribution in [0.1, 0.15) is 31.4 Å². The quantitative estimate of drug-likeness (QED) is 0.170. The number of amides is 3.